The second kappa shape index (κ2) is 10.1. The Morgan fingerprint density at radius 2 is 1.76 bits per heavy atom. The molecule has 0 unspecified atom stereocenters. The molecule has 158 valence electrons. The van der Waals surface area contributed by atoms with Crippen LogP contribution in [0.2, 0.25) is 0 Å². The number of aryl methyl sites for hydroxylation is 1. The van der Waals surface area contributed by atoms with Gasteiger partial charge in [0.05, 0.1) is 14.2 Å². The van der Waals surface area contributed by atoms with Crippen LogP contribution in [0.4, 0.5) is 0 Å². The molecular formula is C22H33N3O3S+2. The summed E-state index contributed by atoms with van der Waals surface area (Å²) in [6.45, 7) is 8.59. The lowest BCUT2D eigenvalue weighted by Crippen LogP contribution is -3.28. The van der Waals surface area contributed by atoms with Crippen molar-refractivity contribution in [3.05, 3.63) is 45.6 Å². The highest BCUT2D eigenvalue weighted by molar-refractivity contribution is 7.07. The number of nitrogens with zero attached hydrogens (tertiary/aromatic N) is 1. The maximum absolute atomic E-state index is 12.6. The normalized spacial score (nSPS) is 19.0. The molecule has 0 radical (unpaired) electrons. The number of methoxy groups -OCH3 is 2. The van der Waals surface area contributed by atoms with E-state index in [2.05, 4.69) is 35.9 Å². The molecule has 2 aromatic rings. The smallest absolute Gasteiger partial charge is 0.277 e. The van der Waals surface area contributed by atoms with E-state index in [1.165, 1.54) is 21.6 Å². The van der Waals surface area contributed by atoms with Gasteiger partial charge >= 0.3 is 0 Å². The van der Waals surface area contributed by atoms with E-state index in [1.54, 1.807) is 30.5 Å². The molecule has 2 N–H and O–H groups in total. The van der Waals surface area contributed by atoms with Crippen LogP contribution < -0.4 is 19.3 Å². The summed E-state index contributed by atoms with van der Waals surface area (Å²) in [5, 5.41) is 4.16. The molecule has 29 heavy (non-hydrogen) atoms. The van der Waals surface area contributed by atoms with E-state index in [0.717, 1.165) is 44.2 Å². The lowest BCUT2D eigenvalue weighted by atomic mass is 10.1. The summed E-state index contributed by atoms with van der Waals surface area (Å²) in [5.74, 6) is 1.80. The number of piperazine rings is 1. The molecule has 1 aromatic carbocycles. The van der Waals surface area contributed by atoms with E-state index in [4.69, 9.17) is 9.47 Å². The van der Waals surface area contributed by atoms with Gasteiger partial charge < -0.3 is 24.2 Å². The third-order valence-electron chi connectivity index (χ3n) is 5.77. The van der Waals surface area contributed by atoms with Crippen LogP contribution >= 0.6 is 11.3 Å². The van der Waals surface area contributed by atoms with Crippen molar-refractivity contribution in [3.8, 4) is 11.5 Å². The topological polar surface area (TPSA) is 47.7 Å². The van der Waals surface area contributed by atoms with E-state index >= 15 is 0 Å². The monoisotopic (exact) mass is 419 g/mol. The number of benzene rings is 1. The summed E-state index contributed by atoms with van der Waals surface area (Å²) < 4.78 is 10.9. The second-order valence-electron chi connectivity index (χ2n) is 7.87. The molecule has 0 spiro atoms. The van der Waals surface area contributed by atoms with Crippen molar-refractivity contribution in [1.29, 1.82) is 0 Å². The van der Waals surface area contributed by atoms with Gasteiger partial charge in [-0.3, -0.25) is 4.79 Å². The number of likely N-dealkylation sites (N-methyl/N-ethyl adjacent to an activating group) is 1. The number of carbonyl (C=O) groups excluding carboxylic acids is 1. The highest BCUT2D eigenvalue weighted by Crippen LogP contribution is 2.29. The van der Waals surface area contributed by atoms with E-state index < -0.39 is 0 Å². The number of quaternary nitrogens is 2. The highest BCUT2D eigenvalue weighted by Gasteiger charge is 2.26. The maximum atomic E-state index is 12.6. The minimum absolute atomic E-state index is 0.227. The summed E-state index contributed by atoms with van der Waals surface area (Å²) in [6.07, 6.45) is 0. The fourth-order valence-electron chi connectivity index (χ4n) is 3.89. The summed E-state index contributed by atoms with van der Waals surface area (Å²) in [4.78, 5) is 17.4. The molecule has 0 aliphatic carbocycles. The number of amides is 1. The molecule has 7 heteroatoms. The van der Waals surface area contributed by atoms with E-state index in [0.29, 0.717) is 13.1 Å². The molecule has 6 nitrogen and oxygen atoms in total. The molecule has 0 atom stereocenters. The molecule has 0 bridgehead atoms. The second-order valence-corrected chi connectivity index (χ2v) is 8.65. The predicted molar refractivity (Wildman–Crippen MR) is 115 cm³/mol. The van der Waals surface area contributed by atoms with Crippen molar-refractivity contribution in [2.75, 3.05) is 54.0 Å². The van der Waals surface area contributed by atoms with Gasteiger partial charge in [-0.1, -0.05) is 0 Å². The standard InChI is InChI=1S/C22H31N3O3S/c1-17-11-20(27-3)21(28-4)12-19(17)14-24-6-8-25(9-7-24)15-22(26)23(2)13-18-5-10-29-16-18/h5,10-12,16H,6-9,13-15H2,1-4H3/p+2. The third kappa shape index (κ3) is 5.72. The first-order valence-corrected chi connectivity index (χ1v) is 11.1. The fraction of sp³-hybridized carbons (Fsp3) is 0.500. The van der Waals surface area contributed by atoms with Crippen LogP contribution in [0.1, 0.15) is 16.7 Å². The Kier molecular flexibility index (Phi) is 7.52. The molecular weight excluding hydrogens is 386 g/mol. The van der Waals surface area contributed by atoms with Crippen molar-refractivity contribution >= 4 is 17.2 Å². The van der Waals surface area contributed by atoms with Crippen LogP contribution in [0, 0.1) is 6.92 Å². The first-order chi connectivity index (χ1) is 14.0. The molecule has 1 fully saturated rings. The number of rotatable bonds is 8. The summed E-state index contributed by atoms with van der Waals surface area (Å²) in [7, 11) is 5.25. The van der Waals surface area contributed by atoms with Crippen molar-refractivity contribution < 1.29 is 24.1 Å². The lowest BCUT2D eigenvalue weighted by Gasteiger charge is -2.30. The number of ether oxygens (including phenoxy) is 2. The molecule has 2 heterocycles. The van der Waals surface area contributed by atoms with Crippen molar-refractivity contribution in [2.24, 2.45) is 0 Å². The van der Waals surface area contributed by atoms with Gasteiger partial charge in [0, 0.05) is 19.2 Å². The van der Waals surface area contributed by atoms with Gasteiger partial charge in [-0.05, 0) is 47.0 Å². The number of thiophene rings is 1. The molecule has 0 saturated carbocycles. The fourth-order valence-corrected chi connectivity index (χ4v) is 4.55. The maximum Gasteiger partial charge on any atom is 0.277 e. The van der Waals surface area contributed by atoms with Crippen LogP contribution in [0.5, 0.6) is 11.5 Å². The van der Waals surface area contributed by atoms with E-state index in [-0.39, 0.29) is 5.91 Å². The van der Waals surface area contributed by atoms with Gasteiger partial charge in [0.2, 0.25) is 0 Å². The van der Waals surface area contributed by atoms with Gasteiger partial charge in [-0.2, -0.15) is 11.3 Å². The average Bonchev–Trinajstić information content (AvgIpc) is 3.23. The van der Waals surface area contributed by atoms with Gasteiger partial charge in [0.25, 0.3) is 5.91 Å². The molecule has 1 aliphatic rings. The summed E-state index contributed by atoms with van der Waals surface area (Å²) in [6, 6.07) is 6.24. The quantitative estimate of drug-likeness (QED) is 0.634. The Morgan fingerprint density at radius 3 is 2.38 bits per heavy atom. The van der Waals surface area contributed by atoms with Crippen molar-refractivity contribution in [2.45, 2.75) is 20.0 Å². The van der Waals surface area contributed by atoms with Crippen LogP contribution in [0.15, 0.2) is 29.0 Å². The Bertz CT molecular complexity index is 802. The molecule has 1 amide bonds. The third-order valence-corrected chi connectivity index (χ3v) is 6.51. The van der Waals surface area contributed by atoms with Crippen molar-refractivity contribution in [1.82, 2.24) is 4.90 Å². The predicted octanol–water partition coefficient (Wildman–Crippen LogP) is 0.0157. The summed E-state index contributed by atoms with van der Waals surface area (Å²) >= 11 is 1.67. The highest BCUT2D eigenvalue weighted by atomic mass is 32.1. The largest absolute Gasteiger partial charge is 0.493 e. The first-order valence-electron chi connectivity index (χ1n) is 10.1. The SMILES string of the molecule is COc1cc(C)c(C[NH+]2CC[NH+](CC(=O)N(C)Cc3ccsc3)CC2)cc1OC. The van der Waals surface area contributed by atoms with E-state index in [9.17, 15) is 4.79 Å². The molecule has 1 aromatic heterocycles. The van der Waals surface area contributed by atoms with Crippen LogP contribution in [0.25, 0.3) is 0 Å². The average molecular weight is 420 g/mol. The minimum atomic E-state index is 0.227. The Labute approximate surface area is 177 Å². The van der Waals surface area contributed by atoms with Gasteiger partial charge in [-0.15, -0.1) is 0 Å². The van der Waals surface area contributed by atoms with Gasteiger partial charge in [-0.25, -0.2) is 0 Å². The summed E-state index contributed by atoms with van der Waals surface area (Å²) in [5.41, 5.74) is 3.74. The molecule has 1 saturated heterocycles. The lowest BCUT2D eigenvalue weighted by molar-refractivity contribution is -1.02. The zero-order valence-corrected chi connectivity index (χ0v) is 18.7. The molecule has 3 rings (SSSR count). The number of carbonyl (C=O) groups is 1. The minimum Gasteiger partial charge on any atom is -0.493 e. The van der Waals surface area contributed by atoms with Crippen molar-refractivity contribution in [3.63, 3.8) is 0 Å². The van der Waals surface area contributed by atoms with Crippen LogP contribution in [-0.4, -0.2) is 64.8 Å². The van der Waals surface area contributed by atoms with Gasteiger partial charge in [0.1, 0.15) is 32.7 Å². The number of nitrogens with one attached hydrogen (secondary N) is 2. The number of hydrogen-bond acceptors (Lipinski definition) is 4. The Morgan fingerprint density at radius 1 is 1.10 bits per heavy atom. The molecule has 1 aliphatic heterocycles. The first kappa shape index (κ1) is 21.6. The zero-order chi connectivity index (χ0) is 20.8. The van der Waals surface area contributed by atoms with Gasteiger partial charge in [0.15, 0.2) is 18.0 Å². The zero-order valence-electron chi connectivity index (χ0n) is 17.9. The van der Waals surface area contributed by atoms with E-state index in [1.807, 2.05) is 11.9 Å². The van der Waals surface area contributed by atoms with Crippen LogP contribution in [-0.2, 0) is 17.9 Å². The Balaban J connectivity index is 1.48. The Hall–Kier alpha value is -2.09. The number of hydrogen-bond donors (Lipinski definition) is 2. The van der Waals surface area contributed by atoms with Crippen LogP contribution in [0.3, 0.4) is 0 Å².